The van der Waals surface area contributed by atoms with Crippen LogP contribution in [0.4, 0.5) is 0 Å². The fraction of sp³-hybridized carbons (Fsp3) is 0.0333. The Morgan fingerprint density at radius 3 is 1.06 bits per heavy atom. The van der Waals surface area contributed by atoms with E-state index in [0.29, 0.717) is 0 Å². The topological polar surface area (TPSA) is 35.0 Å². The second kappa shape index (κ2) is 14.8. The number of para-hydroxylation sites is 2. The molecule has 0 saturated carbocycles. The Balaban J connectivity index is 1.10. The van der Waals surface area contributed by atoms with E-state index in [9.17, 15) is 0 Å². The summed E-state index contributed by atoms with van der Waals surface area (Å²) in [5, 5.41) is 0. The highest BCUT2D eigenvalue weighted by Gasteiger charge is 2.51. The standard InChI is InChI=1S/C60H40N2O/c1-39-25-27-43(28-26-39)57-38-47(37-56(62-57)42-19-9-4-10-20-42)45-30-32-49-48-31-29-44(46-35-54(40-15-5-2-6-16-40)61-55(36-46)41-17-7-3-8-18-41)33-52(48)60(53(49)34-45)50-21-11-13-23-58(50)63-59-24-14-12-22-51(59)60/h2-38H,1H3. The molecule has 0 N–H and O–H groups in total. The average Bonchev–Trinajstić information content (AvgIpc) is 3.64. The van der Waals surface area contributed by atoms with Crippen molar-refractivity contribution in [3.63, 3.8) is 0 Å². The molecule has 2 aliphatic rings. The summed E-state index contributed by atoms with van der Waals surface area (Å²) in [4.78, 5) is 10.5. The van der Waals surface area contributed by atoms with Crippen molar-refractivity contribution in [1.29, 1.82) is 0 Å². The van der Waals surface area contributed by atoms with Crippen molar-refractivity contribution in [2.75, 3.05) is 0 Å². The van der Waals surface area contributed by atoms with Gasteiger partial charge in [-0.15, -0.1) is 0 Å². The number of nitrogens with zero attached hydrogens (tertiary/aromatic N) is 2. The molecule has 296 valence electrons. The van der Waals surface area contributed by atoms with E-state index in [-0.39, 0.29) is 0 Å². The molecule has 0 unspecified atom stereocenters. The molecule has 12 rings (SSSR count). The molecule has 2 aromatic heterocycles. The molecule has 1 aliphatic carbocycles. The first-order chi connectivity index (χ1) is 31.1. The van der Waals surface area contributed by atoms with Gasteiger partial charge in [0.25, 0.3) is 0 Å². The fourth-order valence-electron chi connectivity index (χ4n) is 9.79. The van der Waals surface area contributed by atoms with Gasteiger partial charge < -0.3 is 4.74 Å². The quantitative estimate of drug-likeness (QED) is 0.168. The summed E-state index contributed by atoms with van der Waals surface area (Å²) in [5.41, 5.74) is 20.3. The summed E-state index contributed by atoms with van der Waals surface area (Å²) in [7, 11) is 0. The lowest BCUT2D eigenvalue weighted by Crippen LogP contribution is -2.32. The van der Waals surface area contributed by atoms with Gasteiger partial charge in [-0.1, -0.05) is 181 Å². The lowest BCUT2D eigenvalue weighted by molar-refractivity contribution is 0.436. The molecule has 0 radical (unpaired) electrons. The van der Waals surface area contributed by atoms with E-state index in [1.807, 2.05) is 0 Å². The van der Waals surface area contributed by atoms with Gasteiger partial charge in [-0.2, -0.15) is 0 Å². The molecule has 3 heterocycles. The molecule has 0 fully saturated rings. The van der Waals surface area contributed by atoms with Crippen LogP contribution in [0.15, 0.2) is 224 Å². The Kier molecular flexibility index (Phi) is 8.62. The number of hydrogen-bond acceptors (Lipinski definition) is 3. The van der Waals surface area contributed by atoms with Gasteiger partial charge >= 0.3 is 0 Å². The highest BCUT2D eigenvalue weighted by molar-refractivity contribution is 5.93. The van der Waals surface area contributed by atoms with Gasteiger partial charge in [0.15, 0.2) is 0 Å². The van der Waals surface area contributed by atoms with E-state index in [2.05, 4.69) is 231 Å². The molecule has 3 nitrogen and oxygen atoms in total. The van der Waals surface area contributed by atoms with Gasteiger partial charge in [0.1, 0.15) is 11.5 Å². The molecule has 10 aromatic rings. The van der Waals surface area contributed by atoms with Gasteiger partial charge in [0, 0.05) is 33.4 Å². The molecule has 8 aromatic carbocycles. The van der Waals surface area contributed by atoms with Crippen LogP contribution < -0.4 is 4.74 Å². The van der Waals surface area contributed by atoms with Crippen LogP contribution in [0.5, 0.6) is 11.5 Å². The smallest absolute Gasteiger partial charge is 0.132 e. The number of fused-ring (bicyclic) bond motifs is 9. The highest BCUT2D eigenvalue weighted by atomic mass is 16.5. The zero-order chi connectivity index (χ0) is 41.9. The van der Waals surface area contributed by atoms with Gasteiger partial charge in [-0.3, -0.25) is 0 Å². The molecule has 0 atom stereocenters. The van der Waals surface area contributed by atoms with Gasteiger partial charge in [-0.05, 0) is 100.0 Å². The zero-order valence-corrected chi connectivity index (χ0v) is 34.7. The average molecular weight is 805 g/mol. The number of hydrogen-bond donors (Lipinski definition) is 0. The molecule has 63 heavy (non-hydrogen) atoms. The van der Waals surface area contributed by atoms with Crippen LogP contribution in [0.2, 0.25) is 0 Å². The Labute approximate surface area is 367 Å². The minimum atomic E-state index is -0.672. The van der Waals surface area contributed by atoms with Crippen LogP contribution in [0.1, 0.15) is 27.8 Å². The summed E-state index contributed by atoms with van der Waals surface area (Å²) >= 11 is 0. The van der Waals surface area contributed by atoms with Crippen LogP contribution in [-0.4, -0.2) is 9.97 Å². The summed E-state index contributed by atoms with van der Waals surface area (Å²) in [6, 6.07) is 80.4. The van der Waals surface area contributed by atoms with Crippen LogP contribution in [0, 0.1) is 6.92 Å². The van der Waals surface area contributed by atoms with E-state index in [1.165, 1.54) is 27.8 Å². The molecule has 1 aliphatic heterocycles. The number of aryl methyl sites for hydroxylation is 1. The first kappa shape index (κ1) is 36.7. The molecule has 0 saturated heterocycles. The van der Waals surface area contributed by atoms with E-state index < -0.39 is 5.41 Å². The van der Waals surface area contributed by atoms with E-state index >= 15 is 0 Å². The summed E-state index contributed by atoms with van der Waals surface area (Å²) in [6.45, 7) is 2.12. The monoisotopic (exact) mass is 804 g/mol. The molecule has 3 heteroatoms. The van der Waals surface area contributed by atoms with Gasteiger partial charge in [0.2, 0.25) is 0 Å². The SMILES string of the molecule is Cc1ccc(-c2cc(-c3ccc4c(c3)C3(c5ccccc5Oc5ccccc53)c3cc(-c5cc(-c6ccccc6)nc(-c6ccccc6)c5)ccc3-4)cc(-c3ccccc3)n2)cc1. The second-order valence-electron chi connectivity index (χ2n) is 16.6. The maximum absolute atomic E-state index is 6.77. The van der Waals surface area contributed by atoms with Crippen LogP contribution in [0.3, 0.4) is 0 Å². The fourth-order valence-corrected chi connectivity index (χ4v) is 9.79. The minimum absolute atomic E-state index is 0.672. The van der Waals surface area contributed by atoms with Crippen molar-refractivity contribution in [2.24, 2.45) is 0 Å². The Bertz CT molecular complexity index is 3250. The lowest BCUT2D eigenvalue weighted by Gasteiger charge is -2.39. The Hall–Kier alpha value is -8.14. The minimum Gasteiger partial charge on any atom is -0.457 e. The third-order valence-corrected chi connectivity index (χ3v) is 12.8. The maximum atomic E-state index is 6.77. The van der Waals surface area contributed by atoms with Crippen LogP contribution in [0.25, 0.3) is 78.4 Å². The third-order valence-electron chi connectivity index (χ3n) is 12.8. The number of ether oxygens (including phenoxy) is 1. The second-order valence-corrected chi connectivity index (χ2v) is 16.6. The Morgan fingerprint density at radius 1 is 0.302 bits per heavy atom. The summed E-state index contributed by atoms with van der Waals surface area (Å²) in [6.07, 6.45) is 0. The van der Waals surface area contributed by atoms with Crippen LogP contribution >= 0.6 is 0 Å². The molecular weight excluding hydrogens is 765 g/mol. The first-order valence-electron chi connectivity index (χ1n) is 21.5. The predicted molar refractivity (Wildman–Crippen MR) is 257 cm³/mol. The van der Waals surface area contributed by atoms with Crippen LogP contribution in [-0.2, 0) is 5.41 Å². The van der Waals surface area contributed by atoms with Gasteiger partial charge in [-0.25, -0.2) is 9.97 Å². The van der Waals surface area contributed by atoms with Crippen molar-refractivity contribution < 1.29 is 4.74 Å². The van der Waals surface area contributed by atoms with E-state index in [0.717, 1.165) is 89.9 Å². The molecule has 0 amide bonds. The van der Waals surface area contributed by atoms with Gasteiger partial charge in [0.05, 0.1) is 28.2 Å². The van der Waals surface area contributed by atoms with Crippen molar-refractivity contribution in [3.05, 3.63) is 252 Å². The molecule has 1 spiro atoms. The van der Waals surface area contributed by atoms with Crippen molar-refractivity contribution in [1.82, 2.24) is 9.97 Å². The van der Waals surface area contributed by atoms with Crippen molar-refractivity contribution in [2.45, 2.75) is 12.3 Å². The molecular formula is C60H40N2O. The van der Waals surface area contributed by atoms with E-state index in [1.54, 1.807) is 0 Å². The number of rotatable bonds is 6. The predicted octanol–water partition coefficient (Wildman–Crippen LogP) is 15.3. The lowest BCUT2D eigenvalue weighted by atomic mass is 9.65. The van der Waals surface area contributed by atoms with Crippen molar-refractivity contribution >= 4 is 0 Å². The maximum Gasteiger partial charge on any atom is 0.132 e. The number of aromatic nitrogens is 2. The third kappa shape index (κ3) is 6.12. The summed E-state index contributed by atoms with van der Waals surface area (Å²) in [5.74, 6) is 1.73. The normalized spacial score (nSPS) is 12.8. The number of benzene rings is 8. The zero-order valence-electron chi connectivity index (χ0n) is 34.7. The largest absolute Gasteiger partial charge is 0.457 e. The number of pyridine rings is 2. The van der Waals surface area contributed by atoms with E-state index in [4.69, 9.17) is 14.7 Å². The highest BCUT2D eigenvalue weighted by Crippen LogP contribution is 2.63. The Morgan fingerprint density at radius 2 is 0.651 bits per heavy atom. The summed E-state index contributed by atoms with van der Waals surface area (Å²) < 4.78 is 6.77. The molecule has 0 bridgehead atoms. The first-order valence-corrected chi connectivity index (χ1v) is 21.5. The van der Waals surface area contributed by atoms with Crippen molar-refractivity contribution in [3.8, 4) is 89.9 Å².